The third-order valence-electron chi connectivity index (χ3n) is 9.20. The van der Waals surface area contributed by atoms with Crippen LogP contribution in [0.4, 0.5) is 39.5 Å². The SMILES string of the molecule is C=C1C2C(CCc3c(cc(C(F)(F)F)c(C(F)(F)F)c3C(F)(F)F)-c3c(-c4ccccc4)ccc[n+]31)c1ccccc1-c1cccc[n+]12. The second kappa shape index (κ2) is 11.1. The van der Waals surface area contributed by atoms with Gasteiger partial charge < -0.3 is 0 Å². The molecular weight excluding hydrogens is 643 g/mol. The molecule has 2 aromatic heterocycles. The molecule has 3 aromatic carbocycles. The van der Waals surface area contributed by atoms with Gasteiger partial charge in [-0.25, -0.2) is 0 Å². The summed E-state index contributed by atoms with van der Waals surface area (Å²) in [5, 5.41) is 0. The number of alkyl halides is 9. The Hall–Kier alpha value is -4.93. The molecule has 244 valence electrons. The summed E-state index contributed by atoms with van der Waals surface area (Å²) in [4.78, 5) is 0. The first-order valence-corrected chi connectivity index (χ1v) is 15.0. The third kappa shape index (κ3) is 5.07. The number of halogens is 9. The van der Waals surface area contributed by atoms with Crippen LogP contribution in [0.3, 0.4) is 0 Å². The minimum absolute atomic E-state index is 0.115. The topological polar surface area (TPSA) is 7.76 Å². The number of fused-ring (bicyclic) bond motifs is 9. The maximum atomic E-state index is 15.0. The Morgan fingerprint density at radius 3 is 1.96 bits per heavy atom. The number of benzene rings is 3. The Labute approximate surface area is 269 Å². The summed E-state index contributed by atoms with van der Waals surface area (Å²) >= 11 is 0. The zero-order valence-corrected chi connectivity index (χ0v) is 24.9. The summed E-state index contributed by atoms with van der Waals surface area (Å²) in [7, 11) is 0. The van der Waals surface area contributed by atoms with Crippen molar-refractivity contribution < 1.29 is 48.6 Å². The fourth-order valence-corrected chi connectivity index (χ4v) is 7.39. The van der Waals surface area contributed by atoms with Crippen molar-refractivity contribution in [3.8, 4) is 33.6 Å². The van der Waals surface area contributed by atoms with Gasteiger partial charge >= 0.3 is 18.5 Å². The molecular formula is C37H25F9N2+2. The second-order valence-corrected chi connectivity index (χ2v) is 11.9. The average Bonchev–Trinajstić information content (AvgIpc) is 3.09. The van der Waals surface area contributed by atoms with Crippen LogP contribution in [-0.2, 0) is 24.9 Å². The van der Waals surface area contributed by atoms with E-state index in [0.717, 1.165) is 16.8 Å². The summed E-state index contributed by atoms with van der Waals surface area (Å²) in [5.41, 5.74) is -5.70. The molecule has 2 atom stereocenters. The quantitative estimate of drug-likeness (QED) is 0.124. The van der Waals surface area contributed by atoms with Crippen molar-refractivity contribution in [3.05, 3.63) is 138 Å². The van der Waals surface area contributed by atoms with Crippen molar-refractivity contribution in [1.82, 2.24) is 0 Å². The van der Waals surface area contributed by atoms with Gasteiger partial charge in [-0.2, -0.15) is 48.6 Å². The monoisotopic (exact) mass is 668 g/mol. The van der Waals surface area contributed by atoms with Crippen LogP contribution in [-0.4, -0.2) is 0 Å². The van der Waals surface area contributed by atoms with Crippen molar-refractivity contribution >= 4 is 5.70 Å². The molecule has 2 aliphatic heterocycles. The van der Waals surface area contributed by atoms with Crippen molar-refractivity contribution in [1.29, 1.82) is 0 Å². The van der Waals surface area contributed by atoms with E-state index < -0.39 is 64.7 Å². The van der Waals surface area contributed by atoms with E-state index in [1.54, 1.807) is 54.7 Å². The van der Waals surface area contributed by atoms with Crippen LogP contribution in [0.15, 0.2) is 110 Å². The molecule has 2 aliphatic rings. The second-order valence-electron chi connectivity index (χ2n) is 11.9. The highest BCUT2D eigenvalue weighted by atomic mass is 19.4. The molecule has 0 amide bonds. The molecule has 0 bridgehead atoms. The van der Waals surface area contributed by atoms with Gasteiger partial charge in [-0.3, -0.25) is 0 Å². The lowest BCUT2D eigenvalue weighted by Crippen LogP contribution is -2.53. The summed E-state index contributed by atoms with van der Waals surface area (Å²) < 4.78 is 136. The lowest BCUT2D eigenvalue weighted by atomic mass is 9.78. The van der Waals surface area contributed by atoms with Crippen LogP contribution >= 0.6 is 0 Å². The van der Waals surface area contributed by atoms with Gasteiger partial charge in [0.1, 0.15) is 0 Å². The van der Waals surface area contributed by atoms with Gasteiger partial charge in [-0.15, -0.1) is 0 Å². The van der Waals surface area contributed by atoms with E-state index in [-0.39, 0.29) is 23.7 Å². The number of pyridine rings is 2. The molecule has 2 unspecified atom stereocenters. The van der Waals surface area contributed by atoms with E-state index in [4.69, 9.17) is 0 Å². The number of hydrogen-bond acceptors (Lipinski definition) is 0. The van der Waals surface area contributed by atoms with E-state index in [2.05, 4.69) is 6.58 Å². The van der Waals surface area contributed by atoms with Gasteiger partial charge in [-0.05, 0) is 60.4 Å². The van der Waals surface area contributed by atoms with E-state index >= 15 is 13.2 Å². The maximum Gasteiger partial charge on any atom is 0.417 e. The molecule has 0 saturated carbocycles. The normalized spacial score (nSPS) is 17.6. The summed E-state index contributed by atoms with van der Waals surface area (Å²) in [6.45, 7) is 4.38. The molecule has 0 aliphatic carbocycles. The molecule has 7 rings (SSSR count). The van der Waals surface area contributed by atoms with Crippen LogP contribution in [0.25, 0.3) is 39.3 Å². The standard InChI is InChI=1S/C37H25F9N2/c1-21-33-27(24-12-5-6-13-25(24)30-15-7-8-18-48(30)33)17-16-26-28(34-23(14-9-19-47(21)34)22-10-3-2-4-11-22)20-29(35(38,39)40)32(37(44,45)46)31(26)36(41,42)43/h2-15,18-20,27,33H,1,16-17H2/q+2. The molecule has 0 fully saturated rings. The van der Waals surface area contributed by atoms with E-state index in [1.165, 1.54) is 16.8 Å². The molecule has 11 heteroatoms. The fraction of sp³-hybridized carbons (Fsp3) is 0.189. The van der Waals surface area contributed by atoms with Gasteiger partial charge in [0, 0.05) is 23.8 Å². The number of allylic oxidation sites excluding steroid dienone is 1. The number of aromatic nitrogens is 2. The first-order valence-electron chi connectivity index (χ1n) is 15.0. The van der Waals surface area contributed by atoms with Crippen LogP contribution in [0, 0.1) is 0 Å². The minimum Gasteiger partial charge on any atom is -0.184 e. The highest BCUT2D eigenvalue weighted by Crippen LogP contribution is 2.53. The first-order chi connectivity index (χ1) is 22.7. The Morgan fingerprint density at radius 1 is 0.625 bits per heavy atom. The van der Waals surface area contributed by atoms with Gasteiger partial charge in [0.05, 0.1) is 33.7 Å². The maximum absolute atomic E-state index is 15.0. The molecule has 0 saturated heterocycles. The zero-order chi connectivity index (χ0) is 34.2. The largest absolute Gasteiger partial charge is 0.417 e. The van der Waals surface area contributed by atoms with Gasteiger partial charge in [0.25, 0.3) is 0 Å². The van der Waals surface area contributed by atoms with Crippen LogP contribution < -0.4 is 9.13 Å². The van der Waals surface area contributed by atoms with Crippen molar-refractivity contribution in [2.45, 2.75) is 43.3 Å². The molecule has 0 spiro atoms. The van der Waals surface area contributed by atoms with Crippen LogP contribution in [0.2, 0.25) is 0 Å². The van der Waals surface area contributed by atoms with Gasteiger partial charge in [-0.1, -0.05) is 48.5 Å². The Bertz CT molecular complexity index is 2080. The Morgan fingerprint density at radius 2 is 1.27 bits per heavy atom. The Balaban J connectivity index is 1.66. The predicted octanol–water partition coefficient (Wildman–Crippen LogP) is 10.1. The molecule has 48 heavy (non-hydrogen) atoms. The van der Waals surface area contributed by atoms with Crippen molar-refractivity contribution in [2.75, 3.05) is 0 Å². The molecule has 5 aromatic rings. The Kier molecular flexibility index (Phi) is 7.30. The average molecular weight is 669 g/mol. The summed E-state index contributed by atoms with van der Waals surface area (Å²) in [6.07, 6.45) is -14.9. The molecule has 0 radical (unpaired) electrons. The van der Waals surface area contributed by atoms with Gasteiger partial charge in [0.15, 0.2) is 12.4 Å². The smallest absolute Gasteiger partial charge is 0.184 e. The minimum atomic E-state index is -5.96. The predicted molar refractivity (Wildman–Crippen MR) is 160 cm³/mol. The summed E-state index contributed by atoms with van der Waals surface area (Å²) in [6, 6.07) is 23.7. The molecule has 2 nitrogen and oxygen atoms in total. The van der Waals surface area contributed by atoms with Crippen LogP contribution in [0.1, 0.15) is 46.2 Å². The molecule has 4 heterocycles. The highest BCUT2D eigenvalue weighted by molar-refractivity contribution is 5.83. The van der Waals surface area contributed by atoms with E-state index in [9.17, 15) is 26.3 Å². The summed E-state index contributed by atoms with van der Waals surface area (Å²) in [5.74, 6) is -0.599. The van der Waals surface area contributed by atoms with Crippen LogP contribution in [0.5, 0.6) is 0 Å². The lowest BCUT2D eigenvalue weighted by molar-refractivity contribution is -0.727. The van der Waals surface area contributed by atoms with E-state index in [0.29, 0.717) is 11.3 Å². The van der Waals surface area contributed by atoms with Gasteiger partial charge in [0.2, 0.25) is 23.1 Å². The number of hydrogen-bond donors (Lipinski definition) is 0. The lowest BCUT2D eigenvalue weighted by Gasteiger charge is -2.29. The highest BCUT2D eigenvalue weighted by Gasteiger charge is 2.54. The van der Waals surface area contributed by atoms with E-state index in [1.807, 2.05) is 34.9 Å². The van der Waals surface area contributed by atoms with Crippen molar-refractivity contribution in [3.63, 3.8) is 0 Å². The number of rotatable bonds is 1. The molecule has 0 N–H and O–H groups in total. The fourth-order valence-electron chi connectivity index (χ4n) is 7.39. The zero-order valence-electron chi connectivity index (χ0n) is 24.9. The van der Waals surface area contributed by atoms with Crippen molar-refractivity contribution in [2.24, 2.45) is 0 Å². The first kappa shape index (κ1) is 31.7. The third-order valence-corrected chi connectivity index (χ3v) is 9.20. The number of nitrogens with zero attached hydrogens (tertiary/aromatic N) is 2.